The SMILES string of the molecule is CON=C(C(=O)N[C@@H]1C(=O)N2C(C(=O)[O-])=C(C[n+]3cccc4c3CCCC4)CS[C@H]12)c1csc(N)n1. The highest BCUT2D eigenvalue weighted by atomic mass is 32.2. The largest absolute Gasteiger partial charge is 0.543 e. The lowest BCUT2D eigenvalue weighted by molar-refractivity contribution is -0.697. The van der Waals surface area contributed by atoms with Gasteiger partial charge >= 0.3 is 0 Å². The molecule has 2 aliphatic heterocycles. The molecule has 0 unspecified atom stereocenters. The fourth-order valence-corrected chi connectivity index (χ4v) is 6.71. The number of aliphatic carboxylic acids is 1. The van der Waals surface area contributed by atoms with Crippen LogP contribution >= 0.6 is 23.1 Å². The quantitative estimate of drug-likeness (QED) is 0.208. The summed E-state index contributed by atoms with van der Waals surface area (Å²) < 4.78 is 2.07. The summed E-state index contributed by atoms with van der Waals surface area (Å²) in [7, 11) is 1.29. The Hall–Kier alpha value is -3.45. The minimum Gasteiger partial charge on any atom is -0.543 e. The van der Waals surface area contributed by atoms with E-state index in [1.54, 1.807) is 5.38 Å². The maximum Gasteiger partial charge on any atom is 0.276 e. The van der Waals surface area contributed by atoms with Gasteiger partial charge < -0.3 is 25.8 Å². The van der Waals surface area contributed by atoms with Crippen LogP contribution in [0.3, 0.4) is 0 Å². The second kappa shape index (κ2) is 9.90. The zero-order valence-corrected chi connectivity index (χ0v) is 21.1. The van der Waals surface area contributed by atoms with Crippen molar-refractivity contribution in [3.05, 3.63) is 51.9 Å². The molecule has 1 saturated heterocycles. The number of hydrogen-bond acceptors (Lipinski definition) is 10. The van der Waals surface area contributed by atoms with Gasteiger partial charge in [-0.2, -0.15) is 4.57 Å². The Balaban J connectivity index is 1.36. The number of nitrogens with one attached hydrogen (secondary N) is 1. The van der Waals surface area contributed by atoms with Crippen LogP contribution in [0.5, 0.6) is 0 Å². The van der Waals surface area contributed by atoms with Gasteiger partial charge in [0.1, 0.15) is 24.2 Å². The highest BCUT2D eigenvalue weighted by Crippen LogP contribution is 2.40. The molecular weight excluding hydrogens is 504 g/mol. The van der Waals surface area contributed by atoms with Gasteiger partial charge in [-0.05, 0) is 25.3 Å². The molecule has 0 bridgehead atoms. The van der Waals surface area contributed by atoms with Crippen LogP contribution in [0.25, 0.3) is 0 Å². The van der Waals surface area contributed by atoms with Gasteiger partial charge in [0, 0.05) is 34.8 Å². The van der Waals surface area contributed by atoms with E-state index >= 15 is 0 Å². The van der Waals surface area contributed by atoms with Crippen LogP contribution < -0.4 is 20.7 Å². The van der Waals surface area contributed by atoms with E-state index in [-0.39, 0.29) is 22.2 Å². The number of oxime groups is 1. The molecule has 13 heteroatoms. The number of nitrogens with two attached hydrogens (primary N) is 1. The first kappa shape index (κ1) is 24.3. The number of β-lactam (4-membered cyclic amide) rings is 1. The van der Waals surface area contributed by atoms with Crippen molar-refractivity contribution in [2.75, 3.05) is 18.6 Å². The lowest BCUT2D eigenvalue weighted by Crippen LogP contribution is -2.71. The smallest absolute Gasteiger partial charge is 0.276 e. The molecule has 0 spiro atoms. The number of fused-ring (bicyclic) bond motifs is 2. The summed E-state index contributed by atoms with van der Waals surface area (Å²) in [5.74, 6) is -2.20. The predicted octanol–water partition coefficient (Wildman–Crippen LogP) is -0.654. The molecule has 4 heterocycles. The van der Waals surface area contributed by atoms with Gasteiger partial charge in [-0.15, -0.1) is 23.1 Å². The Morgan fingerprint density at radius 3 is 2.92 bits per heavy atom. The van der Waals surface area contributed by atoms with Crippen molar-refractivity contribution in [2.24, 2.45) is 5.16 Å². The number of aromatic nitrogens is 2. The minimum atomic E-state index is -1.40. The Morgan fingerprint density at radius 1 is 1.39 bits per heavy atom. The normalized spacial score (nSPS) is 21.4. The average molecular weight is 529 g/mol. The first-order valence-corrected chi connectivity index (χ1v) is 13.3. The Bertz CT molecular complexity index is 1310. The molecular formula is C23H24N6O5S2. The molecule has 36 heavy (non-hydrogen) atoms. The first-order chi connectivity index (χ1) is 17.4. The van der Waals surface area contributed by atoms with Crippen LogP contribution in [0.1, 0.15) is 29.8 Å². The standard InChI is InChI=1S/C23H24N6O5S2/c1-34-27-16(14-11-36-23(24)25-14)19(30)26-17-20(31)29-18(22(32)33)13(10-35-21(17)29)9-28-8-4-6-12-5-2-3-7-15(12)28/h4,6,8,11,17,21H,2-3,5,7,9-10H2,1H3,(H3-,24,25,26,30,32,33)/t17-,21-/m1/s1. The number of pyridine rings is 1. The van der Waals surface area contributed by atoms with Crippen LogP contribution in [-0.2, 0) is 38.6 Å². The zero-order chi connectivity index (χ0) is 25.4. The molecule has 1 aliphatic carbocycles. The van der Waals surface area contributed by atoms with E-state index in [4.69, 9.17) is 10.6 Å². The molecule has 0 saturated carbocycles. The summed E-state index contributed by atoms with van der Waals surface area (Å²) >= 11 is 2.54. The van der Waals surface area contributed by atoms with Crippen molar-refractivity contribution < 1.29 is 28.9 Å². The molecule has 11 nitrogen and oxygen atoms in total. The molecule has 0 radical (unpaired) electrons. The third kappa shape index (κ3) is 4.32. The number of amides is 2. The third-order valence-electron chi connectivity index (χ3n) is 6.44. The van der Waals surface area contributed by atoms with Crippen LogP contribution in [0.2, 0.25) is 0 Å². The van der Waals surface area contributed by atoms with Crippen LogP contribution in [0.15, 0.2) is 40.1 Å². The molecule has 0 aromatic carbocycles. The summed E-state index contributed by atoms with van der Waals surface area (Å²) in [6.45, 7) is 0.364. The number of thioether (sulfide) groups is 1. The minimum absolute atomic E-state index is 0.117. The molecule has 188 valence electrons. The molecule has 1 fully saturated rings. The van der Waals surface area contributed by atoms with Gasteiger partial charge in [-0.3, -0.25) is 14.5 Å². The number of nitrogen functional groups attached to an aromatic ring is 1. The monoisotopic (exact) mass is 528 g/mol. The molecule has 5 rings (SSSR count). The number of nitrogens with zero attached hydrogens (tertiary/aromatic N) is 4. The van der Waals surface area contributed by atoms with E-state index in [1.165, 1.54) is 35.0 Å². The summed E-state index contributed by atoms with van der Waals surface area (Å²) in [5.41, 5.74) is 8.72. The van der Waals surface area contributed by atoms with Gasteiger partial charge in [-0.1, -0.05) is 5.16 Å². The second-order valence-corrected chi connectivity index (χ2v) is 10.6. The van der Waals surface area contributed by atoms with Gasteiger partial charge in [0.2, 0.25) is 0 Å². The lowest BCUT2D eigenvalue weighted by Gasteiger charge is -2.50. The van der Waals surface area contributed by atoms with Crippen LogP contribution in [0.4, 0.5) is 5.13 Å². The number of carbonyl (C=O) groups excluding carboxylic acids is 3. The molecule has 2 atom stereocenters. The highest BCUT2D eigenvalue weighted by molar-refractivity contribution is 8.00. The molecule has 2 amide bonds. The third-order valence-corrected chi connectivity index (χ3v) is 8.45. The first-order valence-electron chi connectivity index (χ1n) is 11.4. The summed E-state index contributed by atoms with van der Waals surface area (Å²) in [6.07, 6.45) is 6.13. The number of carbonyl (C=O) groups is 3. The Morgan fingerprint density at radius 2 is 2.19 bits per heavy atom. The van der Waals surface area contributed by atoms with E-state index in [1.807, 2.05) is 12.3 Å². The van der Waals surface area contributed by atoms with E-state index in [9.17, 15) is 19.5 Å². The predicted molar refractivity (Wildman–Crippen MR) is 130 cm³/mol. The Kier molecular flexibility index (Phi) is 6.67. The maximum absolute atomic E-state index is 13.1. The number of carboxylic acids is 1. The number of anilines is 1. The van der Waals surface area contributed by atoms with E-state index < -0.39 is 29.2 Å². The van der Waals surface area contributed by atoms with E-state index in [0.717, 1.165) is 37.0 Å². The van der Waals surface area contributed by atoms with E-state index in [2.05, 4.69) is 26.1 Å². The molecule has 3 aliphatic rings. The van der Waals surface area contributed by atoms with Crippen LogP contribution in [0, 0.1) is 0 Å². The van der Waals surface area contributed by atoms with Crippen molar-refractivity contribution in [3.63, 3.8) is 0 Å². The fraction of sp³-hybridized carbons (Fsp3) is 0.391. The molecule has 3 N–H and O–H groups in total. The number of thiazole rings is 1. The van der Waals surface area contributed by atoms with Crippen molar-refractivity contribution in [1.29, 1.82) is 0 Å². The number of aryl methyl sites for hydroxylation is 1. The average Bonchev–Trinajstić information content (AvgIpc) is 3.31. The van der Waals surface area contributed by atoms with Crippen molar-refractivity contribution >= 4 is 51.7 Å². The molecule has 2 aromatic heterocycles. The topological polar surface area (TPSA) is 154 Å². The van der Waals surface area contributed by atoms with E-state index in [0.29, 0.717) is 17.9 Å². The zero-order valence-electron chi connectivity index (χ0n) is 19.4. The summed E-state index contributed by atoms with van der Waals surface area (Å²) in [5, 5.41) is 19.8. The second-order valence-electron chi connectivity index (χ2n) is 8.61. The lowest BCUT2D eigenvalue weighted by atomic mass is 9.95. The van der Waals surface area contributed by atoms with Crippen molar-refractivity contribution in [2.45, 2.75) is 43.6 Å². The van der Waals surface area contributed by atoms with Crippen molar-refractivity contribution in [3.8, 4) is 0 Å². The fourth-order valence-electron chi connectivity index (χ4n) is 4.82. The van der Waals surface area contributed by atoms with Gasteiger partial charge in [0.15, 0.2) is 29.3 Å². The maximum atomic E-state index is 13.1. The molecule has 2 aromatic rings. The Labute approximate surface area is 215 Å². The van der Waals surface area contributed by atoms with Crippen LogP contribution in [-0.4, -0.2) is 57.7 Å². The van der Waals surface area contributed by atoms with Crippen molar-refractivity contribution in [1.82, 2.24) is 15.2 Å². The number of carboxylic acid groups (broad SMARTS) is 1. The highest BCUT2D eigenvalue weighted by Gasteiger charge is 2.53. The van der Waals surface area contributed by atoms with Gasteiger partial charge in [0.05, 0.1) is 11.7 Å². The summed E-state index contributed by atoms with van der Waals surface area (Å²) in [4.78, 5) is 48.2. The number of hydrogen-bond donors (Lipinski definition) is 2. The van der Waals surface area contributed by atoms with Gasteiger partial charge in [-0.25, -0.2) is 4.98 Å². The summed E-state index contributed by atoms with van der Waals surface area (Å²) in [6, 6.07) is 3.16. The number of rotatable bonds is 7. The van der Waals surface area contributed by atoms with Gasteiger partial charge in [0.25, 0.3) is 11.8 Å².